The Balaban J connectivity index is 3.46. The Hall–Kier alpha value is -2.12. The molecule has 0 aliphatic heterocycles. The van der Waals surface area contributed by atoms with Crippen molar-refractivity contribution in [2.45, 2.75) is 26.7 Å². The van der Waals surface area contributed by atoms with E-state index >= 15 is 0 Å². The lowest BCUT2D eigenvalue weighted by Gasteiger charge is -2.06. The van der Waals surface area contributed by atoms with Gasteiger partial charge < -0.3 is 18.9 Å². The molecule has 0 aromatic carbocycles. The lowest BCUT2D eigenvalue weighted by atomic mass is 10.4. The van der Waals surface area contributed by atoms with Gasteiger partial charge in [-0.05, 0) is 0 Å². The second-order valence-electron chi connectivity index (χ2n) is 3.62. The number of hydrogen-bond donors (Lipinski definition) is 0. The van der Waals surface area contributed by atoms with Gasteiger partial charge in [-0.1, -0.05) is 0 Å². The van der Waals surface area contributed by atoms with Crippen molar-refractivity contribution in [2.24, 2.45) is 0 Å². The summed E-state index contributed by atoms with van der Waals surface area (Å²) in [5, 5.41) is 0. The first kappa shape index (κ1) is 17.9. The van der Waals surface area contributed by atoms with Gasteiger partial charge in [0.1, 0.15) is 26.4 Å². The van der Waals surface area contributed by atoms with Crippen LogP contribution in [0.5, 0.6) is 0 Å². The molecule has 8 nitrogen and oxygen atoms in total. The maximum Gasteiger partial charge on any atom is 0.309 e. The first-order valence-electron chi connectivity index (χ1n) is 5.99. The molecule has 114 valence electrons. The molecule has 0 atom stereocenters. The molecule has 0 heterocycles. The van der Waals surface area contributed by atoms with Gasteiger partial charge in [0.2, 0.25) is 0 Å². The van der Waals surface area contributed by atoms with Crippen LogP contribution in [0.4, 0.5) is 0 Å². The molecule has 20 heavy (non-hydrogen) atoms. The van der Waals surface area contributed by atoms with E-state index in [1.807, 2.05) is 0 Å². The summed E-state index contributed by atoms with van der Waals surface area (Å²) in [6, 6.07) is 0. The molecule has 8 heteroatoms. The predicted octanol–water partition coefficient (Wildman–Crippen LogP) is -0.0208. The Labute approximate surface area is 116 Å². The summed E-state index contributed by atoms with van der Waals surface area (Å²) < 4.78 is 18.6. The van der Waals surface area contributed by atoms with Crippen molar-refractivity contribution in [2.75, 3.05) is 26.4 Å². The van der Waals surface area contributed by atoms with E-state index in [0.717, 1.165) is 0 Å². The molecule has 0 bridgehead atoms. The minimum Gasteiger partial charge on any atom is -0.465 e. The normalized spacial score (nSPS) is 9.50. The van der Waals surface area contributed by atoms with Crippen molar-refractivity contribution in [3.63, 3.8) is 0 Å². The number of carbonyl (C=O) groups is 4. The van der Waals surface area contributed by atoms with Gasteiger partial charge in [0.25, 0.3) is 0 Å². The zero-order valence-electron chi connectivity index (χ0n) is 11.5. The lowest BCUT2D eigenvalue weighted by molar-refractivity contribution is -0.155. The largest absolute Gasteiger partial charge is 0.465 e. The fourth-order valence-corrected chi connectivity index (χ4v) is 1.01. The van der Waals surface area contributed by atoms with E-state index < -0.39 is 23.9 Å². The number of ether oxygens (including phenoxy) is 4. The van der Waals surface area contributed by atoms with Crippen molar-refractivity contribution in [3.8, 4) is 0 Å². The summed E-state index contributed by atoms with van der Waals surface area (Å²) in [6.45, 7) is 2.21. The molecule has 0 radical (unpaired) electrons. The van der Waals surface area contributed by atoms with Crippen LogP contribution in [-0.2, 0) is 38.1 Å². The summed E-state index contributed by atoms with van der Waals surface area (Å²) in [4.78, 5) is 43.1. The van der Waals surface area contributed by atoms with Crippen LogP contribution in [-0.4, -0.2) is 50.3 Å². The third-order valence-electron chi connectivity index (χ3n) is 1.83. The minimum absolute atomic E-state index is 0.0453. The molecular weight excluding hydrogens is 272 g/mol. The number of esters is 4. The molecule has 0 aliphatic rings. The van der Waals surface area contributed by atoms with E-state index in [9.17, 15) is 19.2 Å². The van der Waals surface area contributed by atoms with Gasteiger partial charge >= 0.3 is 23.9 Å². The zero-order chi connectivity index (χ0) is 15.4. The standard InChI is InChI=1S/C12H18O8/c1-9(13)17-5-3-11(15)19-7-8-20-12(16)4-6-18-10(2)14/h3-8H2,1-2H3. The van der Waals surface area contributed by atoms with Gasteiger partial charge in [-0.2, -0.15) is 0 Å². The first-order chi connectivity index (χ1) is 9.41. The van der Waals surface area contributed by atoms with Crippen molar-refractivity contribution in [1.29, 1.82) is 0 Å². The topological polar surface area (TPSA) is 105 Å². The highest BCUT2D eigenvalue weighted by Crippen LogP contribution is 1.92. The van der Waals surface area contributed by atoms with Crippen LogP contribution in [0.25, 0.3) is 0 Å². The van der Waals surface area contributed by atoms with E-state index in [1.165, 1.54) is 13.8 Å². The van der Waals surface area contributed by atoms with E-state index in [-0.39, 0.29) is 39.3 Å². The predicted molar refractivity (Wildman–Crippen MR) is 64.4 cm³/mol. The SMILES string of the molecule is CC(=O)OCCC(=O)OCCOC(=O)CCOC(C)=O. The molecule has 0 aromatic heterocycles. The summed E-state index contributed by atoms with van der Waals surface area (Å²) in [5.41, 5.74) is 0. The molecule has 0 rings (SSSR count). The summed E-state index contributed by atoms with van der Waals surface area (Å²) in [5.74, 6) is -2.05. The van der Waals surface area contributed by atoms with E-state index in [1.54, 1.807) is 0 Å². The van der Waals surface area contributed by atoms with Gasteiger partial charge in [-0.15, -0.1) is 0 Å². The van der Waals surface area contributed by atoms with Crippen molar-refractivity contribution < 1.29 is 38.1 Å². The van der Waals surface area contributed by atoms with Crippen LogP contribution in [0.3, 0.4) is 0 Å². The number of hydrogen-bond acceptors (Lipinski definition) is 8. The minimum atomic E-state index is -0.554. The van der Waals surface area contributed by atoms with Crippen LogP contribution in [0.2, 0.25) is 0 Å². The zero-order valence-corrected chi connectivity index (χ0v) is 11.5. The van der Waals surface area contributed by atoms with E-state index in [4.69, 9.17) is 9.47 Å². The Morgan fingerprint density at radius 2 is 0.950 bits per heavy atom. The Morgan fingerprint density at radius 3 is 1.25 bits per heavy atom. The number of carbonyl (C=O) groups excluding carboxylic acids is 4. The van der Waals surface area contributed by atoms with Crippen molar-refractivity contribution in [1.82, 2.24) is 0 Å². The fraction of sp³-hybridized carbons (Fsp3) is 0.667. The monoisotopic (exact) mass is 290 g/mol. The maximum absolute atomic E-state index is 11.1. The quantitative estimate of drug-likeness (QED) is 0.331. The van der Waals surface area contributed by atoms with Crippen molar-refractivity contribution >= 4 is 23.9 Å². The van der Waals surface area contributed by atoms with Crippen LogP contribution >= 0.6 is 0 Å². The maximum atomic E-state index is 11.1. The average molecular weight is 290 g/mol. The van der Waals surface area contributed by atoms with Crippen LogP contribution < -0.4 is 0 Å². The van der Waals surface area contributed by atoms with Gasteiger partial charge in [0.05, 0.1) is 12.8 Å². The van der Waals surface area contributed by atoms with Crippen LogP contribution in [0, 0.1) is 0 Å². The molecule has 0 saturated carbocycles. The third kappa shape index (κ3) is 12.3. The molecule has 0 saturated heterocycles. The molecule has 0 aromatic rings. The fourth-order valence-electron chi connectivity index (χ4n) is 1.01. The molecule has 0 amide bonds. The summed E-state index contributed by atoms with van der Waals surface area (Å²) in [6.07, 6.45) is -0.111. The molecule has 0 unspecified atom stereocenters. The third-order valence-corrected chi connectivity index (χ3v) is 1.83. The molecule has 0 aliphatic carbocycles. The van der Waals surface area contributed by atoms with Gasteiger partial charge in [0, 0.05) is 13.8 Å². The van der Waals surface area contributed by atoms with E-state index in [2.05, 4.69) is 9.47 Å². The second kappa shape index (κ2) is 10.8. The Kier molecular flexibility index (Phi) is 9.63. The van der Waals surface area contributed by atoms with Gasteiger partial charge in [-0.3, -0.25) is 19.2 Å². The van der Waals surface area contributed by atoms with Crippen LogP contribution in [0.1, 0.15) is 26.7 Å². The Bertz CT molecular complexity index is 315. The van der Waals surface area contributed by atoms with E-state index in [0.29, 0.717) is 0 Å². The molecule has 0 N–H and O–H groups in total. The summed E-state index contributed by atoms with van der Waals surface area (Å²) in [7, 11) is 0. The van der Waals surface area contributed by atoms with Crippen LogP contribution in [0.15, 0.2) is 0 Å². The highest BCUT2D eigenvalue weighted by atomic mass is 16.6. The molecule has 0 spiro atoms. The molecular formula is C12H18O8. The highest BCUT2D eigenvalue weighted by Gasteiger charge is 2.06. The van der Waals surface area contributed by atoms with Gasteiger partial charge in [0.15, 0.2) is 0 Å². The average Bonchev–Trinajstić information content (AvgIpc) is 2.33. The number of rotatable bonds is 9. The van der Waals surface area contributed by atoms with Crippen molar-refractivity contribution in [3.05, 3.63) is 0 Å². The first-order valence-corrected chi connectivity index (χ1v) is 5.99. The highest BCUT2D eigenvalue weighted by molar-refractivity contribution is 5.71. The molecule has 0 fully saturated rings. The lowest BCUT2D eigenvalue weighted by Crippen LogP contribution is -2.16. The summed E-state index contributed by atoms with van der Waals surface area (Å²) >= 11 is 0. The second-order valence-corrected chi connectivity index (χ2v) is 3.62. The van der Waals surface area contributed by atoms with Gasteiger partial charge in [-0.25, -0.2) is 0 Å². The Morgan fingerprint density at radius 1 is 0.600 bits per heavy atom. The smallest absolute Gasteiger partial charge is 0.309 e.